The van der Waals surface area contributed by atoms with Gasteiger partial charge in [0.25, 0.3) is 0 Å². The number of aromatic nitrogens is 2. The summed E-state index contributed by atoms with van der Waals surface area (Å²) >= 11 is 0. The fourth-order valence-corrected chi connectivity index (χ4v) is 3.73. The van der Waals surface area contributed by atoms with Crippen LogP contribution in [0.4, 0.5) is 11.5 Å². The third-order valence-corrected chi connectivity index (χ3v) is 5.63. The minimum Gasteiger partial charge on any atom is -0.439 e. The normalized spacial score (nSPS) is 14.5. The molecule has 1 saturated heterocycles. The molecule has 2 aromatic carbocycles. The Bertz CT molecular complexity index is 998. The van der Waals surface area contributed by atoms with Crippen LogP contribution < -0.4 is 15.0 Å². The summed E-state index contributed by atoms with van der Waals surface area (Å²) in [6, 6.07) is 19.5. The van der Waals surface area contributed by atoms with Gasteiger partial charge in [0.15, 0.2) is 0 Å². The highest BCUT2D eigenvalue weighted by molar-refractivity contribution is 5.92. The van der Waals surface area contributed by atoms with Crippen molar-refractivity contribution in [2.45, 2.75) is 32.6 Å². The first-order valence-corrected chi connectivity index (χ1v) is 10.8. The van der Waals surface area contributed by atoms with E-state index in [9.17, 15) is 4.79 Å². The van der Waals surface area contributed by atoms with E-state index in [0.29, 0.717) is 11.8 Å². The van der Waals surface area contributed by atoms with E-state index in [1.54, 1.807) is 0 Å². The van der Waals surface area contributed by atoms with E-state index in [4.69, 9.17) is 4.74 Å². The molecule has 0 unspecified atom stereocenters. The van der Waals surface area contributed by atoms with Gasteiger partial charge in [-0.2, -0.15) is 0 Å². The predicted octanol–water partition coefficient (Wildman–Crippen LogP) is 5.25. The van der Waals surface area contributed by atoms with E-state index < -0.39 is 0 Å². The molecule has 4 rings (SSSR count). The van der Waals surface area contributed by atoms with Gasteiger partial charge < -0.3 is 15.0 Å². The lowest BCUT2D eigenvalue weighted by Gasteiger charge is -2.32. The largest absolute Gasteiger partial charge is 0.439 e. The standard InChI is InChI=1S/C25H28N4O2/c1-18(2)19-8-10-21(11-9-19)28-25(30)20-12-14-29(15-13-20)23-16-24(27-17-26-23)31-22-6-4-3-5-7-22/h3-11,16-18,20H,12-15H2,1-2H3,(H,28,30). The molecule has 1 N–H and O–H groups in total. The van der Waals surface area contributed by atoms with Gasteiger partial charge in [0.05, 0.1) is 0 Å². The molecule has 1 aliphatic rings. The van der Waals surface area contributed by atoms with E-state index in [0.717, 1.165) is 43.2 Å². The zero-order valence-electron chi connectivity index (χ0n) is 18.0. The molecular formula is C25H28N4O2. The number of nitrogens with one attached hydrogen (secondary N) is 1. The maximum absolute atomic E-state index is 12.7. The van der Waals surface area contributed by atoms with Crippen molar-refractivity contribution in [1.29, 1.82) is 0 Å². The molecule has 0 saturated carbocycles. The molecule has 31 heavy (non-hydrogen) atoms. The van der Waals surface area contributed by atoms with Crippen LogP contribution in [0.3, 0.4) is 0 Å². The van der Waals surface area contributed by atoms with E-state index in [2.05, 4.69) is 46.2 Å². The molecule has 0 atom stereocenters. The van der Waals surface area contributed by atoms with E-state index in [1.807, 2.05) is 48.5 Å². The molecular weight excluding hydrogens is 388 g/mol. The lowest BCUT2D eigenvalue weighted by molar-refractivity contribution is -0.120. The number of hydrogen-bond donors (Lipinski definition) is 1. The number of amides is 1. The number of piperidine rings is 1. The third kappa shape index (κ3) is 5.40. The summed E-state index contributed by atoms with van der Waals surface area (Å²) in [7, 11) is 0. The summed E-state index contributed by atoms with van der Waals surface area (Å²) in [5.74, 6) is 2.65. The van der Waals surface area contributed by atoms with Gasteiger partial charge in [-0.3, -0.25) is 4.79 Å². The Labute approximate surface area is 183 Å². The quantitative estimate of drug-likeness (QED) is 0.595. The van der Waals surface area contributed by atoms with Gasteiger partial charge in [0, 0.05) is 30.8 Å². The molecule has 1 aliphatic heterocycles. The van der Waals surface area contributed by atoms with Gasteiger partial charge in [-0.25, -0.2) is 9.97 Å². The molecule has 0 radical (unpaired) electrons. The second kappa shape index (κ2) is 9.60. The van der Waals surface area contributed by atoms with E-state index in [-0.39, 0.29) is 11.8 Å². The second-order valence-electron chi connectivity index (χ2n) is 8.16. The maximum atomic E-state index is 12.7. The summed E-state index contributed by atoms with van der Waals surface area (Å²) in [4.78, 5) is 23.5. The van der Waals surface area contributed by atoms with Crippen molar-refractivity contribution in [1.82, 2.24) is 9.97 Å². The minimum absolute atomic E-state index is 0.00269. The van der Waals surface area contributed by atoms with Crippen molar-refractivity contribution >= 4 is 17.4 Å². The van der Waals surface area contributed by atoms with Gasteiger partial charge in [0.2, 0.25) is 11.8 Å². The SMILES string of the molecule is CC(C)c1ccc(NC(=O)C2CCN(c3cc(Oc4ccccc4)ncn3)CC2)cc1. The van der Waals surface area contributed by atoms with Crippen LogP contribution in [0.25, 0.3) is 0 Å². The molecule has 0 bridgehead atoms. The third-order valence-electron chi connectivity index (χ3n) is 5.63. The molecule has 0 aliphatic carbocycles. The second-order valence-corrected chi connectivity index (χ2v) is 8.16. The molecule has 1 amide bonds. The number of hydrogen-bond acceptors (Lipinski definition) is 5. The van der Waals surface area contributed by atoms with E-state index >= 15 is 0 Å². The van der Waals surface area contributed by atoms with E-state index in [1.165, 1.54) is 11.9 Å². The average molecular weight is 417 g/mol. The Balaban J connectivity index is 1.32. The summed E-state index contributed by atoms with van der Waals surface area (Å²) in [6.07, 6.45) is 3.09. The predicted molar refractivity (Wildman–Crippen MR) is 123 cm³/mol. The number of anilines is 2. The summed E-state index contributed by atoms with van der Waals surface area (Å²) in [5, 5.41) is 3.07. The van der Waals surface area contributed by atoms with Gasteiger partial charge >= 0.3 is 0 Å². The highest BCUT2D eigenvalue weighted by atomic mass is 16.5. The van der Waals surface area contributed by atoms with Crippen LogP contribution in [0, 0.1) is 5.92 Å². The average Bonchev–Trinajstić information content (AvgIpc) is 2.80. The van der Waals surface area contributed by atoms with Crippen LogP contribution in [0.15, 0.2) is 67.0 Å². The van der Waals surface area contributed by atoms with Crippen LogP contribution in [0.5, 0.6) is 11.6 Å². The highest BCUT2D eigenvalue weighted by Crippen LogP contribution is 2.26. The maximum Gasteiger partial charge on any atom is 0.227 e. The van der Waals surface area contributed by atoms with Gasteiger partial charge in [-0.05, 0) is 48.6 Å². The number of ether oxygens (including phenoxy) is 1. The van der Waals surface area contributed by atoms with Crippen molar-refractivity contribution in [3.8, 4) is 11.6 Å². The van der Waals surface area contributed by atoms with Crippen molar-refractivity contribution < 1.29 is 9.53 Å². The minimum atomic E-state index is 0.00269. The highest BCUT2D eigenvalue weighted by Gasteiger charge is 2.26. The molecule has 160 valence electrons. The molecule has 1 aromatic heterocycles. The lowest BCUT2D eigenvalue weighted by atomic mass is 9.95. The summed E-state index contributed by atoms with van der Waals surface area (Å²) in [5.41, 5.74) is 2.13. The first kappa shape index (κ1) is 20.8. The first-order chi connectivity index (χ1) is 15.1. The van der Waals surface area contributed by atoms with Gasteiger partial charge in [-0.1, -0.05) is 44.2 Å². The van der Waals surface area contributed by atoms with Gasteiger partial charge in [0.1, 0.15) is 17.9 Å². The van der Waals surface area contributed by atoms with Crippen LogP contribution in [0.2, 0.25) is 0 Å². The molecule has 0 spiro atoms. The molecule has 6 nitrogen and oxygen atoms in total. The van der Waals surface area contributed by atoms with Gasteiger partial charge in [-0.15, -0.1) is 0 Å². The van der Waals surface area contributed by atoms with Crippen molar-refractivity contribution in [2.24, 2.45) is 5.92 Å². The topological polar surface area (TPSA) is 67.4 Å². The van der Waals surface area contributed by atoms with Crippen LogP contribution in [0.1, 0.15) is 38.2 Å². The Morgan fingerprint density at radius 1 is 1.03 bits per heavy atom. The first-order valence-electron chi connectivity index (χ1n) is 10.8. The zero-order chi connectivity index (χ0) is 21.6. The Morgan fingerprint density at radius 3 is 2.42 bits per heavy atom. The lowest BCUT2D eigenvalue weighted by Crippen LogP contribution is -2.38. The number of para-hydroxylation sites is 1. The molecule has 3 aromatic rings. The molecule has 2 heterocycles. The number of benzene rings is 2. The number of carbonyl (C=O) groups is 1. The Kier molecular flexibility index (Phi) is 6.46. The van der Waals surface area contributed by atoms with Crippen LogP contribution >= 0.6 is 0 Å². The number of nitrogens with zero attached hydrogens (tertiary/aromatic N) is 3. The number of rotatable bonds is 6. The smallest absolute Gasteiger partial charge is 0.227 e. The fourth-order valence-electron chi connectivity index (χ4n) is 3.73. The van der Waals surface area contributed by atoms with Crippen LogP contribution in [-0.2, 0) is 4.79 Å². The monoisotopic (exact) mass is 416 g/mol. The molecule has 6 heteroatoms. The van der Waals surface area contributed by atoms with Crippen molar-refractivity contribution in [3.63, 3.8) is 0 Å². The van der Waals surface area contributed by atoms with Crippen molar-refractivity contribution in [2.75, 3.05) is 23.3 Å². The summed E-state index contributed by atoms with van der Waals surface area (Å²) < 4.78 is 5.82. The Hall–Kier alpha value is -3.41. The molecule has 1 fully saturated rings. The number of carbonyl (C=O) groups excluding carboxylic acids is 1. The van der Waals surface area contributed by atoms with Crippen molar-refractivity contribution in [3.05, 3.63) is 72.6 Å². The summed E-state index contributed by atoms with van der Waals surface area (Å²) in [6.45, 7) is 5.86. The fraction of sp³-hybridized carbons (Fsp3) is 0.320. The van der Waals surface area contributed by atoms with Crippen LogP contribution in [-0.4, -0.2) is 29.0 Å². The zero-order valence-corrected chi connectivity index (χ0v) is 18.0. The Morgan fingerprint density at radius 2 is 1.74 bits per heavy atom.